The third-order valence-electron chi connectivity index (χ3n) is 8.45. The molecule has 154 valence electrons. The van der Waals surface area contributed by atoms with Crippen LogP contribution in [0.5, 0.6) is 11.5 Å². The molecule has 4 fully saturated rings. The van der Waals surface area contributed by atoms with E-state index in [4.69, 9.17) is 0 Å². The number of hydrogen-bond donors (Lipinski definition) is 2. The molecule has 4 aliphatic rings. The van der Waals surface area contributed by atoms with Crippen LogP contribution < -0.4 is 0 Å². The van der Waals surface area contributed by atoms with Gasteiger partial charge in [0.15, 0.2) is 0 Å². The van der Waals surface area contributed by atoms with E-state index in [2.05, 4.69) is 48.6 Å². The van der Waals surface area contributed by atoms with Crippen LogP contribution >= 0.6 is 22.6 Å². The summed E-state index contributed by atoms with van der Waals surface area (Å²) in [6.45, 7) is 8.34. The van der Waals surface area contributed by atoms with Crippen molar-refractivity contribution in [2.24, 2.45) is 17.8 Å². The number of benzene rings is 2. The Morgan fingerprint density at radius 2 is 1.17 bits per heavy atom. The molecule has 3 heteroatoms. The van der Waals surface area contributed by atoms with Crippen LogP contribution in [0.4, 0.5) is 0 Å². The van der Waals surface area contributed by atoms with Crippen molar-refractivity contribution in [2.45, 2.75) is 68.6 Å². The quantitative estimate of drug-likeness (QED) is 0.353. The second kappa shape index (κ2) is 6.38. The van der Waals surface area contributed by atoms with E-state index in [9.17, 15) is 10.2 Å². The van der Waals surface area contributed by atoms with Crippen molar-refractivity contribution >= 4 is 22.6 Å². The lowest BCUT2D eigenvalue weighted by atomic mass is 9.41. The third-order valence-corrected chi connectivity index (χ3v) is 10.9. The lowest BCUT2D eigenvalue weighted by Crippen LogP contribution is -2.62. The number of phenolic OH excluding ortho intramolecular Hbond substituents is 2. The first-order chi connectivity index (χ1) is 13.7. The van der Waals surface area contributed by atoms with Crippen molar-refractivity contribution in [2.75, 3.05) is 0 Å². The number of aryl methyl sites for hydroxylation is 4. The van der Waals surface area contributed by atoms with Crippen LogP contribution in [0.1, 0.15) is 65.5 Å². The Hall–Kier alpha value is -1.23. The van der Waals surface area contributed by atoms with E-state index >= 15 is 0 Å². The maximum absolute atomic E-state index is 11.3. The molecule has 0 saturated heterocycles. The van der Waals surface area contributed by atoms with Crippen LogP contribution in [0.15, 0.2) is 24.3 Å². The summed E-state index contributed by atoms with van der Waals surface area (Å²) < 4.78 is -0.200. The molecule has 4 aliphatic carbocycles. The van der Waals surface area contributed by atoms with Gasteiger partial charge in [-0.1, -0.05) is 46.9 Å². The topological polar surface area (TPSA) is 40.5 Å². The van der Waals surface area contributed by atoms with Crippen LogP contribution in [-0.4, -0.2) is 10.2 Å². The zero-order valence-electron chi connectivity index (χ0n) is 17.8. The molecule has 0 aliphatic heterocycles. The second-order valence-electron chi connectivity index (χ2n) is 10.2. The molecule has 29 heavy (non-hydrogen) atoms. The van der Waals surface area contributed by atoms with E-state index in [1.165, 1.54) is 30.4 Å². The van der Waals surface area contributed by atoms with E-state index in [0.717, 1.165) is 46.9 Å². The highest BCUT2D eigenvalue weighted by Gasteiger charge is 2.67. The van der Waals surface area contributed by atoms with Gasteiger partial charge < -0.3 is 10.2 Å². The van der Waals surface area contributed by atoms with Gasteiger partial charge in [0.1, 0.15) is 11.5 Å². The van der Waals surface area contributed by atoms with E-state index in [0.29, 0.717) is 17.4 Å². The summed E-state index contributed by atoms with van der Waals surface area (Å²) >= 11 is 2.72. The molecule has 4 saturated carbocycles. The molecule has 0 radical (unpaired) electrons. The second-order valence-corrected chi connectivity index (χ2v) is 11.9. The van der Waals surface area contributed by atoms with Crippen LogP contribution in [0.25, 0.3) is 0 Å². The summed E-state index contributed by atoms with van der Waals surface area (Å²) in [5, 5.41) is 22.7. The van der Waals surface area contributed by atoms with Gasteiger partial charge >= 0.3 is 0 Å². The number of rotatable bonds is 2. The van der Waals surface area contributed by atoms with Crippen LogP contribution in [0.3, 0.4) is 0 Å². The molecule has 4 bridgehead atoms. The lowest BCUT2D eigenvalue weighted by molar-refractivity contribution is -0.0384. The monoisotopic (exact) mass is 502 g/mol. The summed E-state index contributed by atoms with van der Waals surface area (Å²) in [6.07, 6.45) is 6.08. The van der Waals surface area contributed by atoms with Gasteiger partial charge in [0.25, 0.3) is 0 Å². The molecule has 2 N–H and O–H groups in total. The van der Waals surface area contributed by atoms with Crippen molar-refractivity contribution < 1.29 is 10.2 Å². The highest BCUT2D eigenvalue weighted by Crippen LogP contribution is 2.74. The molecule has 0 aromatic heterocycles. The Kier molecular flexibility index (Phi) is 4.34. The number of phenols is 2. The molecule has 6 rings (SSSR count). The van der Waals surface area contributed by atoms with Crippen molar-refractivity contribution in [3.05, 3.63) is 57.6 Å². The molecule has 2 nitrogen and oxygen atoms in total. The highest BCUT2D eigenvalue weighted by molar-refractivity contribution is 14.1. The molecule has 2 aromatic carbocycles. The Bertz CT molecular complexity index is 996. The normalized spacial score (nSPS) is 35.3. The molecule has 0 amide bonds. The van der Waals surface area contributed by atoms with Crippen molar-refractivity contribution in [3.8, 4) is 11.5 Å². The smallest absolute Gasteiger partial charge is 0.123 e. The van der Waals surface area contributed by atoms with E-state index in [1.807, 2.05) is 26.0 Å². The molecule has 0 spiro atoms. The van der Waals surface area contributed by atoms with Gasteiger partial charge in [0.05, 0.1) is 3.42 Å². The first-order valence-electron chi connectivity index (χ1n) is 11.0. The molecular weight excluding hydrogens is 471 g/mol. The van der Waals surface area contributed by atoms with Crippen molar-refractivity contribution in [1.82, 2.24) is 0 Å². The summed E-state index contributed by atoms with van der Waals surface area (Å²) in [4.78, 5) is 0. The summed E-state index contributed by atoms with van der Waals surface area (Å²) in [6, 6.07) is 8.43. The van der Waals surface area contributed by atoms with Gasteiger partial charge in [-0.15, -0.1) is 0 Å². The third kappa shape index (κ3) is 2.46. The number of halogens is 1. The predicted molar refractivity (Wildman–Crippen MR) is 126 cm³/mol. The summed E-state index contributed by atoms with van der Waals surface area (Å²) in [5.74, 6) is 2.97. The van der Waals surface area contributed by atoms with E-state index < -0.39 is 0 Å². The molecular formula is C26H31IO2. The number of hydrogen-bond acceptors (Lipinski definition) is 2. The summed E-state index contributed by atoms with van der Waals surface area (Å²) in [5.41, 5.74) is 6.45. The fourth-order valence-corrected chi connectivity index (χ4v) is 9.36. The maximum Gasteiger partial charge on any atom is 0.123 e. The van der Waals surface area contributed by atoms with Gasteiger partial charge in [0.2, 0.25) is 0 Å². The minimum absolute atomic E-state index is 0.126. The Morgan fingerprint density at radius 3 is 1.72 bits per heavy atom. The van der Waals surface area contributed by atoms with Gasteiger partial charge in [-0.2, -0.15) is 0 Å². The Balaban J connectivity index is 1.86. The van der Waals surface area contributed by atoms with Gasteiger partial charge in [-0.25, -0.2) is 0 Å². The average molecular weight is 502 g/mol. The SMILES string of the molecule is Cc1ccc(C)c(C23CC4CC(CC(C4)C2(I)c2c(C)ccc(C)c2O)C3)c1O. The maximum atomic E-state index is 11.3. The summed E-state index contributed by atoms with van der Waals surface area (Å²) in [7, 11) is 0. The Labute approximate surface area is 187 Å². The van der Waals surface area contributed by atoms with Crippen LogP contribution in [-0.2, 0) is 8.84 Å². The molecule has 3 unspecified atom stereocenters. The minimum Gasteiger partial charge on any atom is -0.507 e. The first-order valence-corrected chi connectivity index (χ1v) is 12.0. The molecule has 3 atom stereocenters. The highest BCUT2D eigenvalue weighted by atomic mass is 127. The first kappa shape index (κ1) is 19.7. The van der Waals surface area contributed by atoms with Crippen molar-refractivity contribution in [1.29, 1.82) is 0 Å². The number of aromatic hydroxyl groups is 2. The largest absolute Gasteiger partial charge is 0.507 e. The van der Waals surface area contributed by atoms with Crippen LogP contribution in [0, 0.1) is 45.4 Å². The fraction of sp³-hybridized carbons (Fsp3) is 0.538. The number of alkyl halides is 1. The standard InChI is InChI=1S/C26H31IO2/c1-14-5-7-16(3)23(28)21(14)25-12-18-9-19(13-25)11-20(10-18)26(25,27)22-15(2)6-8-17(4)24(22)29/h5-8,18-20,28-29H,9-13H2,1-4H3. The zero-order chi connectivity index (χ0) is 20.7. The van der Waals surface area contributed by atoms with E-state index in [1.54, 1.807) is 0 Å². The Morgan fingerprint density at radius 1 is 0.724 bits per heavy atom. The fourth-order valence-electron chi connectivity index (χ4n) is 7.46. The molecule has 0 heterocycles. The average Bonchev–Trinajstić information content (AvgIpc) is 2.66. The van der Waals surface area contributed by atoms with Gasteiger partial charge in [0, 0.05) is 16.5 Å². The van der Waals surface area contributed by atoms with Crippen molar-refractivity contribution in [3.63, 3.8) is 0 Å². The van der Waals surface area contributed by atoms with E-state index in [-0.39, 0.29) is 8.84 Å². The molecule has 2 aromatic rings. The zero-order valence-corrected chi connectivity index (χ0v) is 20.0. The lowest BCUT2D eigenvalue weighted by Gasteiger charge is -2.66. The van der Waals surface area contributed by atoms with Gasteiger partial charge in [-0.05, 0) is 99.8 Å². The minimum atomic E-state index is -0.200. The van der Waals surface area contributed by atoms with Crippen LogP contribution in [0.2, 0.25) is 0 Å². The van der Waals surface area contributed by atoms with Gasteiger partial charge in [-0.3, -0.25) is 0 Å². The predicted octanol–water partition coefficient (Wildman–Crippen LogP) is 6.74.